The van der Waals surface area contributed by atoms with Gasteiger partial charge < -0.3 is 5.11 Å². The van der Waals surface area contributed by atoms with E-state index in [1.54, 1.807) is 0 Å². The number of anilines is 1. The summed E-state index contributed by atoms with van der Waals surface area (Å²) >= 11 is 0. The van der Waals surface area contributed by atoms with Crippen molar-refractivity contribution in [2.24, 2.45) is 0 Å². The van der Waals surface area contributed by atoms with Crippen molar-refractivity contribution in [2.45, 2.75) is 103 Å². The molecule has 4 heteroatoms. The zero-order valence-electron chi connectivity index (χ0n) is 17.9. The molecule has 0 saturated heterocycles. The van der Waals surface area contributed by atoms with Gasteiger partial charge in [0.25, 0.3) is 0 Å². The molecular weight excluding hydrogens is 350 g/mol. The summed E-state index contributed by atoms with van der Waals surface area (Å²) in [6.45, 7) is 4.05. The number of rotatable bonds is 16. The van der Waals surface area contributed by atoms with Crippen LogP contribution in [0.3, 0.4) is 0 Å². The fourth-order valence-corrected chi connectivity index (χ4v) is 3.61. The van der Waals surface area contributed by atoms with Gasteiger partial charge in [-0.05, 0) is 25.0 Å². The van der Waals surface area contributed by atoms with Gasteiger partial charge in [0, 0.05) is 12.1 Å². The van der Waals surface area contributed by atoms with Gasteiger partial charge in [-0.3, -0.25) is 9.69 Å². The molecule has 0 aliphatic rings. The second-order valence-electron chi connectivity index (χ2n) is 7.65. The first-order valence-corrected chi connectivity index (χ1v) is 11.2. The lowest BCUT2D eigenvalue weighted by Crippen LogP contribution is -2.45. The Morgan fingerprint density at radius 1 is 0.821 bits per heavy atom. The van der Waals surface area contributed by atoms with E-state index in [4.69, 9.17) is 0 Å². The molecule has 0 saturated carbocycles. The minimum absolute atomic E-state index is 0.0867. The molecule has 28 heavy (non-hydrogen) atoms. The Morgan fingerprint density at radius 3 is 1.79 bits per heavy atom. The SMILES string of the molecule is CCCCCCCCCCCCCC(=O)N(c1ccccc1)[C@@H](CC)C(=O)O. The Labute approximate surface area is 171 Å². The molecule has 0 spiro atoms. The van der Waals surface area contributed by atoms with Crippen LogP contribution in [0.5, 0.6) is 0 Å². The van der Waals surface area contributed by atoms with Crippen molar-refractivity contribution in [3.8, 4) is 0 Å². The molecule has 0 fully saturated rings. The van der Waals surface area contributed by atoms with Gasteiger partial charge in [-0.1, -0.05) is 96.3 Å². The molecule has 158 valence electrons. The van der Waals surface area contributed by atoms with Crippen molar-refractivity contribution in [1.82, 2.24) is 0 Å². The maximum absolute atomic E-state index is 12.8. The highest BCUT2D eigenvalue weighted by atomic mass is 16.4. The van der Waals surface area contributed by atoms with Gasteiger partial charge in [-0.15, -0.1) is 0 Å². The quantitative estimate of drug-likeness (QED) is 0.325. The van der Waals surface area contributed by atoms with Crippen LogP contribution in [-0.2, 0) is 9.59 Å². The second kappa shape index (κ2) is 15.1. The van der Waals surface area contributed by atoms with Gasteiger partial charge in [0.1, 0.15) is 6.04 Å². The monoisotopic (exact) mass is 389 g/mol. The van der Waals surface area contributed by atoms with Gasteiger partial charge in [0.2, 0.25) is 5.91 Å². The highest BCUT2D eigenvalue weighted by molar-refractivity contribution is 5.99. The molecule has 1 atom stereocenters. The molecule has 1 amide bonds. The number of nitrogens with zero attached hydrogens (tertiary/aromatic N) is 1. The minimum atomic E-state index is -0.946. The van der Waals surface area contributed by atoms with Crippen LogP contribution in [-0.4, -0.2) is 23.0 Å². The molecule has 4 nitrogen and oxygen atoms in total. The minimum Gasteiger partial charge on any atom is -0.480 e. The van der Waals surface area contributed by atoms with Crippen molar-refractivity contribution in [2.75, 3.05) is 4.90 Å². The Balaban J connectivity index is 2.33. The molecule has 1 N–H and O–H groups in total. The summed E-state index contributed by atoms with van der Waals surface area (Å²) in [6, 6.07) is 8.37. The molecule has 0 aromatic heterocycles. The molecule has 0 aliphatic carbocycles. The number of para-hydroxylation sites is 1. The van der Waals surface area contributed by atoms with Crippen LogP contribution in [0.1, 0.15) is 97.3 Å². The summed E-state index contributed by atoms with van der Waals surface area (Å²) in [6.07, 6.45) is 14.4. The fourth-order valence-electron chi connectivity index (χ4n) is 3.61. The number of carboxylic acids is 1. The lowest BCUT2D eigenvalue weighted by Gasteiger charge is -2.28. The van der Waals surface area contributed by atoms with E-state index in [2.05, 4.69) is 6.92 Å². The highest BCUT2D eigenvalue weighted by Crippen LogP contribution is 2.21. The van der Waals surface area contributed by atoms with Gasteiger partial charge in [0.05, 0.1) is 0 Å². The first kappa shape index (κ1) is 24.2. The number of carbonyl (C=O) groups is 2. The lowest BCUT2D eigenvalue weighted by atomic mass is 10.0. The topological polar surface area (TPSA) is 57.6 Å². The maximum atomic E-state index is 12.8. The Hall–Kier alpha value is -1.84. The van der Waals surface area contributed by atoms with Gasteiger partial charge in [-0.2, -0.15) is 0 Å². The number of carboxylic acid groups (broad SMARTS) is 1. The maximum Gasteiger partial charge on any atom is 0.326 e. The van der Waals surface area contributed by atoms with E-state index < -0.39 is 12.0 Å². The second-order valence-corrected chi connectivity index (χ2v) is 7.65. The van der Waals surface area contributed by atoms with E-state index in [0.29, 0.717) is 18.5 Å². The van der Waals surface area contributed by atoms with Gasteiger partial charge >= 0.3 is 5.97 Å². The van der Waals surface area contributed by atoms with Gasteiger partial charge in [-0.25, -0.2) is 4.79 Å². The number of carbonyl (C=O) groups excluding carboxylic acids is 1. The van der Waals surface area contributed by atoms with Crippen LogP contribution in [0.4, 0.5) is 5.69 Å². The third kappa shape index (κ3) is 9.38. The number of amides is 1. The van der Waals surface area contributed by atoms with Crippen molar-refractivity contribution in [3.05, 3.63) is 30.3 Å². The zero-order valence-corrected chi connectivity index (χ0v) is 17.9. The van der Waals surface area contributed by atoms with E-state index in [-0.39, 0.29) is 5.91 Å². The fraction of sp³-hybridized carbons (Fsp3) is 0.667. The summed E-state index contributed by atoms with van der Waals surface area (Å²) in [5, 5.41) is 9.52. The number of unbranched alkanes of at least 4 members (excludes halogenated alkanes) is 10. The molecule has 1 aromatic rings. The molecule has 0 unspecified atom stereocenters. The summed E-state index contributed by atoms with van der Waals surface area (Å²) in [5.74, 6) is -1.03. The van der Waals surface area contributed by atoms with Crippen molar-refractivity contribution in [1.29, 1.82) is 0 Å². The first-order chi connectivity index (χ1) is 13.6. The predicted molar refractivity (Wildman–Crippen MR) is 117 cm³/mol. The van der Waals surface area contributed by atoms with Crippen LogP contribution in [0, 0.1) is 0 Å². The predicted octanol–water partition coefficient (Wildman–Crippen LogP) is 6.58. The van der Waals surface area contributed by atoms with Crippen LogP contribution >= 0.6 is 0 Å². The molecule has 0 radical (unpaired) electrons. The summed E-state index contributed by atoms with van der Waals surface area (Å²) < 4.78 is 0. The average Bonchev–Trinajstić information content (AvgIpc) is 2.70. The number of hydrogen-bond acceptors (Lipinski definition) is 2. The van der Waals surface area contributed by atoms with E-state index >= 15 is 0 Å². The van der Waals surface area contributed by atoms with Crippen LogP contribution < -0.4 is 4.90 Å². The van der Waals surface area contributed by atoms with E-state index in [1.165, 1.54) is 56.3 Å². The normalized spacial score (nSPS) is 11.9. The van der Waals surface area contributed by atoms with Crippen LogP contribution in [0.15, 0.2) is 30.3 Å². The van der Waals surface area contributed by atoms with Crippen LogP contribution in [0.25, 0.3) is 0 Å². The third-order valence-corrected chi connectivity index (χ3v) is 5.28. The number of benzene rings is 1. The number of aliphatic carboxylic acids is 1. The third-order valence-electron chi connectivity index (χ3n) is 5.28. The summed E-state index contributed by atoms with van der Waals surface area (Å²) in [5.41, 5.74) is 0.671. The Bertz CT molecular complexity index is 544. The summed E-state index contributed by atoms with van der Waals surface area (Å²) in [7, 11) is 0. The lowest BCUT2D eigenvalue weighted by molar-refractivity contribution is -0.140. The molecule has 0 bridgehead atoms. The van der Waals surface area contributed by atoms with E-state index in [9.17, 15) is 14.7 Å². The van der Waals surface area contributed by atoms with Crippen LogP contribution in [0.2, 0.25) is 0 Å². The Kier molecular flexibility index (Phi) is 13.1. The smallest absolute Gasteiger partial charge is 0.326 e. The highest BCUT2D eigenvalue weighted by Gasteiger charge is 2.28. The molecule has 1 aromatic carbocycles. The largest absolute Gasteiger partial charge is 0.480 e. The first-order valence-electron chi connectivity index (χ1n) is 11.2. The molecule has 1 rings (SSSR count). The van der Waals surface area contributed by atoms with E-state index in [1.807, 2.05) is 37.3 Å². The van der Waals surface area contributed by atoms with Crippen molar-refractivity contribution >= 4 is 17.6 Å². The summed E-state index contributed by atoms with van der Waals surface area (Å²) in [4.78, 5) is 25.9. The van der Waals surface area contributed by atoms with Crippen molar-refractivity contribution in [3.63, 3.8) is 0 Å². The average molecular weight is 390 g/mol. The molecule has 0 aliphatic heterocycles. The standard InChI is InChI=1S/C24H39NO3/c1-3-5-6-7-8-9-10-11-12-13-17-20-23(26)25(22(4-2)24(27)28)21-18-15-14-16-19-21/h14-16,18-19,22H,3-13,17,20H2,1-2H3,(H,27,28)/t22-/m0/s1. The zero-order chi connectivity index (χ0) is 20.6. The van der Waals surface area contributed by atoms with E-state index in [0.717, 1.165) is 19.3 Å². The molecular formula is C24H39NO3. The van der Waals surface area contributed by atoms with Gasteiger partial charge in [0.15, 0.2) is 0 Å². The molecule has 0 heterocycles. The number of hydrogen-bond donors (Lipinski definition) is 1. The van der Waals surface area contributed by atoms with Crippen molar-refractivity contribution < 1.29 is 14.7 Å². The Morgan fingerprint density at radius 2 is 1.32 bits per heavy atom.